The quantitative estimate of drug-likeness (QED) is 0.120. The Balaban J connectivity index is 1.36. The van der Waals surface area contributed by atoms with Crippen molar-refractivity contribution in [3.8, 4) is 22.6 Å². The van der Waals surface area contributed by atoms with Crippen LogP contribution in [0.25, 0.3) is 21.2 Å². The Morgan fingerprint density at radius 1 is 0.558 bits per heavy atom. The molecule has 8 aromatic rings. The fourth-order valence-electron chi connectivity index (χ4n) is 7.43. The van der Waals surface area contributed by atoms with E-state index >= 15 is 0 Å². The summed E-state index contributed by atoms with van der Waals surface area (Å²) in [6, 6.07) is 57.2. The van der Waals surface area contributed by atoms with Gasteiger partial charge in [-0.25, -0.2) is 4.98 Å². The van der Waals surface area contributed by atoms with E-state index in [4.69, 9.17) is 16.3 Å². The van der Waals surface area contributed by atoms with Crippen LogP contribution in [0.3, 0.4) is 0 Å². The van der Waals surface area contributed by atoms with Gasteiger partial charge in [0.05, 0.1) is 4.70 Å². The van der Waals surface area contributed by atoms with E-state index in [-0.39, 0.29) is 5.41 Å². The first-order valence-electron chi connectivity index (χ1n) is 17.3. The summed E-state index contributed by atoms with van der Waals surface area (Å²) in [4.78, 5) is 4.41. The molecule has 2 aromatic heterocycles. The second kappa shape index (κ2) is 13.7. The van der Waals surface area contributed by atoms with Gasteiger partial charge in [0.1, 0.15) is 16.7 Å². The highest BCUT2D eigenvalue weighted by Crippen LogP contribution is 2.54. The van der Waals surface area contributed by atoms with Gasteiger partial charge in [-0.3, -0.25) is 0 Å². The van der Waals surface area contributed by atoms with Crippen LogP contribution in [0.15, 0.2) is 169 Å². The fraction of sp³-hybridized carbons (Fsp3) is 0.0652. The average Bonchev–Trinajstić information content (AvgIpc) is 3.63. The third-order valence-electron chi connectivity index (χ3n) is 9.93. The molecular formula is C46H34ClNOP2S. The van der Waals surface area contributed by atoms with Gasteiger partial charge in [0, 0.05) is 44.3 Å². The van der Waals surface area contributed by atoms with Crippen LogP contribution >= 0.6 is 38.8 Å². The number of hydrogen-bond donors (Lipinski definition) is 0. The molecule has 0 saturated carbocycles. The lowest BCUT2D eigenvalue weighted by Gasteiger charge is -2.39. The number of para-hydroxylation sites is 1. The molecule has 52 heavy (non-hydrogen) atoms. The molecule has 0 atom stereocenters. The molecule has 3 heterocycles. The van der Waals surface area contributed by atoms with E-state index in [0.29, 0.717) is 5.15 Å². The minimum atomic E-state index is -1.06. The number of rotatable bonds is 7. The zero-order valence-electron chi connectivity index (χ0n) is 28.7. The number of aromatic nitrogens is 1. The molecule has 0 spiro atoms. The largest absolute Gasteiger partial charge is 0.455 e. The highest BCUT2D eigenvalue weighted by atomic mass is 35.5. The van der Waals surface area contributed by atoms with Gasteiger partial charge in [-0.15, -0.1) is 11.3 Å². The van der Waals surface area contributed by atoms with Gasteiger partial charge in [0.25, 0.3) is 0 Å². The molecule has 0 N–H and O–H groups in total. The Kier molecular flexibility index (Phi) is 8.78. The van der Waals surface area contributed by atoms with Crippen LogP contribution in [0.5, 0.6) is 11.5 Å². The highest BCUT2D eigenvalue weighted by molar-refractivity contribution is 7.80. The van der Waals surface area contributed by atoms with Gasteiger partial charge in [-0.05, 0) is 54.1 Å². The fourth-order valence-corrected chi connectivity index (χ4v) is 13.6. The van der Waals surface area contributed by atoms with Crippen LogP contribution in [0, 0.1) is 0 Å². The Morgan fingerprint density at radius 3 is 1.67 bits per heavy atom. The van der Waals surface area contributed by atoms with Gasteiger partial charge < -0.3 is 4.74 Å². The van der Waals surface area contributed by atoms with E-state index in [1.807, 2.05) is 6.20 Å². The van der Waals surface area contributed by atoms with Crippen molar-refractivity contribution in [1.82, 2.24) is 4.98 Å². The van der Waals surface area contributed by atoms with Crippen molar-refractivity contribution >= 4 is 80.7 Å². The Labute approximate surface area is 316 Å². The maximum Gasteiger partial charge on any atom is 0.146 e. The third kappa shape index (κ3) is 5.69. The van der Waals surface area contributed by atoms with Crippen LogP contribution in [-0.4, -0.2) is 4.98 Å². The van der Waals surface area contributed by atoms with Crippen molar-refractivity contribution in [2.75, 3.05) is 0 Å². The molecule has 6 heteroatoms. The average molecular weight is 746 g/mol. The summed E-state index contributed by atoms with van der Waals surface area (Å²) in [6.45, 7) is 4.71. The predicted molar refractivity (Wildman–Crippen MR) is 226 cm³/mol. The van der Waals surface area contributed by atoms with E-state index in [2.05, 4.69) is 182 Å². The van der Waals surface area contributed by atoms with Gasteiger partial charge >= 0.3 is 0 Å². The maximum absolute atomic E-state index is 7.60. The first-order chi connectivity index (χ1) is 25.5. The van der Waals surface area contributed by atoms with E-state index in [9.17, 15) is 0 Å². The van der Waals surface area contributed by atoms with Crippen molar-refractivity contribution in [2.45, 2.75) is 19.3 Å². The smallest absolute Gasteiger partial charge is 0.146 e. The highest BCUT2D eigenvalue weighted by Gasteiger charge is 2.40. The zero-order valence-corrected chi connectivity index (χ0v) is 32.1. The summed E-state index contributed by atoms with van der Waals surface area (Å²) in [7, 11) is -1.97. The summed E-state index contributed by atoms with van der Waals surface area (Å²) >= 11 is 8.34. The Hall–Kier alpha value is -4.62. The topological polar surface area (TPSA) is 22.1 Å². The van der Waals surface area contributed by atoms with Crippen molar-refractivity contribution in [3.63, 3.8) is 0 Å². The molecule has 0 saturated heterocycles. The lowest BCUT2D eigenvalue weighted by Crippen LogP contribution is -2.33. The molecule has 1 aliphatic heterocycles. The van der Waals surface area contributed by atoms with Crippen LogP contribution in [0.1, 0.15) is 25.0 Å². The van der Waals surface area contributed by atoms with Gasteiger partial charge in [-0.2, -0.15) is 0 Å². The number of ether oxygens (including phenoxy) is 1. The van der Waals surface area contributed by atoms with Crippen LogP contribution in [0.2, 0.25) is 5.15 Å². The molecule has 2 nitrogen and oxygen atoms in total. The minimum Gasteiger partial charge on any atom is -0.455 e. The normalized spacial score (nSPS) is 13.2. The summed E-state index contributed by atoms with van der Waals surface area (Å²) in [5.74, 6) is 1.92. The SMILES string of the molecule is CC1(C)c2cccc(P(c3ccccc3)c3ccccc3)c2Oc2c1ccc(-c1csc3c(Cl)nccc13)c2P(c1ccccc1)c1ccccc1. The first kappa shape index (κ1) is 33.2. The molecule has 0 amide bonds. The van der Waals surface area contributed by atoms with Crippen LogP contribution in [0.4, 0.5) is 0 Å². The van der Waals surface area contributed by atoms with Crippen molar-refractivity contribution in [2.24, 2.45) is 0 Å². The van der Waals surface area contributed by atoms with Gasteiger partial charge in [0.15, 0.2) is 0 Å². The number of fused-ring (bicyclic) bond motifs is 3. The Morgan fingerprint density at radius 2 is 1.10 bits per heavy atom. The summed E-state index contributed by atoms with van der Waals surface area (Å²) < 4.78 is 8.59. The second-order valence-corrected chi connectivity index (χ2v) is 18.9. The number of thiophene rings is 1. The zero-order chi connectivity index (χ0) is 35.2. The number of pyridine rings is 1. The Bertz CT molecular complexity index is 2460. The molecule has 252 valence electrons. The number of halogens is 1. The molecule has 0 bridgehead atoms. The van der Waals surface area contributed by atoms with E-state index in [1.54, 1.807) is 11.3 Å². The molecule has 1 aliphatic rings. The van der Waals surface area contributed by atoms with Crippen LogP contribution in [-0.2, 0) is 5.41 Å². The number of hydrogen-bond acceptors (Lipinski definition) is 3. The standard InChI is InChI=1S/C46H34ClNOP2S/c1-46(2)38-24-15-25-40(50(31-16-7-3-8-17-31)32-18-9-4-10-19-32)41(38)49-42-39(46)27-26-35(37-30-52-44-36(37)28-29-48-45(44)47)43(42)51(33-20-11-5-12-21-33)34-22-13-6-14-23-34/h3-30H,1-2H3. The summed E-state index contributed by atoms with van der Waals surface area (Å²) in [6.07, 6.45) is 1.81. The summed E-state index contributed by atoms with van der Waals surface area (Å²) in [5.41, 5.74) is 4.38. The van der Waals surface area contributed by atoms with E-state index in [0.717, 1.165) is 32.7 Å². The van der Waals surface area contributed by atoms with Crippen molar-refractivity contribution in [3.05, 3.63) is 186 Å². The first-order valence-corrected chi connectivity index (χ1v) is 21.3. The molecule has 0 aliphatic carbocycles. The third-order valence-corrected chi connectivity index (χ3v) is 16.3. The molecule has 9 rings (SSSR count). The number of benzene rings is 6. The monoisotopic (exact) mass is 745 g/mol. The molecule has 0 radical (unpaired) electrons. The molecule has 0 fully saturated rings. The lowest BCUT2D eigenvalue weighted by atomic mass is 9.75. The second-order valence-electron chi connectivity index (χ2n) is 13.4. The van der Waals surface area contributed by atoms with E-state index < -0.39 is 15.8 Å². The molecule has 6 aromatic carbocycles. The maximum atomic E-state index is 7.60. The van der Waals surface area contributed by atoms with Crippen molar-refractivity contribution < 1.29 is 4.74 Å². The summed E-state index contributed by atoms with van der Waals surface area (Å²) in [5, 5.41) is 11.5. The number of nitrogens with zero attached hydrogens (tertiary/aromatic N) is 1. The van der Waals surface area contributed by atoms with Crippen molar-refractivity contribution in [1.29, 1.82) is 0 Å². The van der Waals surface area contributed by atoms with Crippen LogP contribution < -0.4 is 36.6 Å². The van der Waals surface area contributed by atoms with E-state index in [1.165, 1.54) is 43.0 Å². The van der Waals surface area contributed by atoms with Gasteiger partial charge in [0.2, 0.25) is 0 Å². The molecule has 0 unspecified atom stereocenters. The van der Waals surface area contributed by atoms with Gasteiger partial charge in [-0.1, -0.05) is 177 Å². The lowest BCUT2D eigenvalue weighted by molar-refractivity contribution is 0.425. The molecular weight excluding hydrogens is 712 g/mol. The predicted octanol–water partition coefficient (Wildman–Crippen LogP) is 10.6. The minimum absolute atomic E-state index is 0.334.